The van der Waals surface area contributed by atoms with Crippen molar-refractivity contribution in [1.82, 2.24) is 5.43 Å². The average molecular weight is 398 g/mol. The number of nitrogens with one attached hydrogen (secondary N) is 1. The molecule has 0 aliphatic carbocycles. The molecule has 0 saturated carbocycles. The number of carbonyl (C=O) groups is 3. The summed E-state index contributed by atoms with van der Waals surface area (Å²) in [4.78, 5) is 39.8. The zero-order valence-corrected chi connectivity index (χ0v) is 15.9. The number of carbonyl (C=O) groups excluding carboxylic acids is 3. The molecule has 0 radical (unpaired) electrons. The number of amides is 2. The van der Waals surface area contributed by atoms with Gasteiger partial charge in [-0.25, -0.2) is 9.69 Å². The fraction of sp³-hybridized carbons (Fsp3) is 0.150. The van der Waals surface area contributed by atoms with Gasteiger partial charge in [-0.05, 0) is 36.8 Å². The Kier molecular flexibility index (Phi) is 4.31. The molecule has 2 aromatic rings. The van der Waals surface area contributed by atoms with E-state index >= 15 is 0 Å². The van der Waals surface area contributed by atoms with Crippen molar-refractivity contribution in [2.75, 3.05) is 17.0 Å². The first-order valence-corrected chi connectivity index (χ1v) is 8.90. The predicted molar refractivity (Wildman–Crippen MR) is 104 cm³/mol. The monoisotopic (exact) mass is 397 g/mol. The molecule has 7 nitrogen and oxygen atoms in total. The van der Waals surface area contributed by atoms with Gasteiger partial charge >= 0.3 is 5.97 Å². The molecule has 1 atom stereocenters. The molecule has 142 valence electrons. The second kappa shape index (κ2) is 6.69. The summed E-state index contributed by atoms with van der Waals surface area (Å²) in [5.41, 5.74) is 4.50. The van der Waals surface area contributed by atoms with Crippen LogP contribution in [0.5, 0.6) is 0 Å². The molecule has 1 fully saturated rings. The van der Waals surface area contributed by atoms with Crippen LogP contribution in [-0.2, 0) is 19.1 Å². The number of nitrogens with zero attached hydrogens (tertiary/aromatic N) is 2. The first kappa shape index (κ1) is 18.1. The van der Waals surface area contributed by atoms with Crippen LogP contribution >= 0.6 is 11.6 Å². The molecule has 0 unspecified atom stereocenters. The minimum absolute atomic E-state index is 0.0446. The zero-order chi connectivity index (χ0) is 20.0. The van der Waals surface area contributed by atoms with E-state index in [9.17, 15) is 14.4 Å². The summed E-state index contributed by atoms with van der Waals surface area (Å²) in [6.07, 6.45) is 0. The maximum Gasteiger partial charge on any atom is 0.356 e. The summed E-state index contributed by atoms with van der Waals surface area (Å²) in [5.74, 6) is -1.77. The lowest BCUT2D eigenvalue weighted by Crippen LogP contribution is -2.46. The van der Waals surface area contributed by atoms with Crippen molar-refractivity contribution < 1.29 is 19.1 Å². The van der Waals surface area contributed by atoms with Gasteiger partial charge in [0.05, 0.1) is 24.1 Å². The lowest BCUT2D eigenvalue weighted by atomic mass is 10.1. The number of rotatable bonds is 3. The van der Waals surface area contributed by atoms with Gasteiger partial charge in [-0.3, -0.25) is 20.0 Å². The zero-order valence-electron chi connectivity index (χ0n) is 15.1. The number of halogens is 1. The normalized spacial score (nSPS) is 18.5. The van der Waals surface area contributed by atoms with E-state index in [0.29, 0.717) is 22.0 Å². The number of anilines is 2. The van der Waals surface area contributed by atoms with Crippen molar-refractivity contribution in [3.8, 4) is 0 Å². The fourth-order valence-corrected chi connectivity index (χ4v) is 3.61. The Hall–Kier alpha value is -3.32. The Bertz CT molecular complexity index is 1040. The lowest BCUT2D eigenvalue weighted by molar-refractivity contribution is -0.136. The van der Waals surface area contributed by atoms with Crippen molar-refractivity contribution in [3.05, 3.63) is 70.4 Å². The van der Waals surface area contributed by atoms with E-state index < -0.39 is 23.8 Å². The minimum Gasteiger partial charge on any atom is -0.464 e. The van der Waals surface area contributed by atoms with Gasteiger partial charge in [0.25, 0.3) is 11.8 Å². The average Bonchev–Trinajstić information content (AvgIpc) is 3.22. The first-order valence-electron chi connectivity index (χ1n) is 8.52. The van der Waals surface area contributed by atoms with E-state index in [1.165, 1.54) is 12.1 Å². The third kappa shape index (κ3) is 2.55. The van der Waals surface area contributed by atoms with Crippen LogP contribution in [0.4, 0.5) is 11.4 Å². The number of hydrogen-bond acceptors (Lipinski definition) is 6. The topological polar surface area (TPSA) is 79.0 Å². The van der Waals surface area contributed by atoms with Crippen LogP contribution in [0.1, 0.15) is 5.56 Å². The molecule has 8 heteroatoms. The van der Waals surface area contributed by atoms with Crippen molar-refractivity contribution in [2.24, 2.45) is 0 Å². The molecular weight excluding hydrogens is 382 g/mol. The Morgan fingerprint density at radius 3 is 2.50 bits per heavy atom. The maximum atomic E-state index is 13.3. The van der Waals surface area contributed by atoms with Crippen molar-refractivity contribution in [2.45, 2.75) is 13.0 Å². The van der Waals surface area contributed by atoms with Crippen LogP contribution in [0, 0.1) is 6.92 Å². The van der Waals surface area contributed by atoms with Gasteiger partial charge in [0.15, 0.2) is 11.7 Å². The number of methoxy groups -OCH3 is 1. The standard InChI is InChI=1S/C20H16ClN3O4/c1-11-13(21)9-6-10-14(11)23-18(25)15-16(20(27)28-2)22-24(17(15)19(23)26)12-7-4-3-5-8-12/h3-10,17,22H,1-2H3/t17-/m1/s1. The van der Waals surface area contributed by atoms with E-state index in [1.54, 1.807) is 49.4 Å². The second-order valence-corrected chi connectivity index (χ2v) is 6.77. The smallest absolute Gasteiger partial charge is 0.356 e. The summed E-state index contributed by atoms with van der Waals surface area (Å²) in [5, 5.41) is 1.94. The van der Waals surface area contributed by atoms with E-state index in [2.05, 4.69) is 5.43 Å². The second-order valence-electron chi connectivity index (χ2n) is 6.36. The van der Waals surface area contributed by atoms with Gasteiger partial charge in [0.1, 0.15) is 0 Å². The Balaban J connectivity index is 1.86. The molecule has 0 aromatic heterocycles. The van der Waals surface area contributed by atoms with Crippen LogP contribution in [0.2, 0.25) is 5.02 Å². The Morgan fingerprint density at radius 2 is 1.82 bits per heavy atom. The highest BCUT2D eigenvalue weighted by Crippen LogP contribution is 2.38. The number of hydrazine groups is 1. The third-order valence-corrected chi connectivity index (χ3v) is 5.23. The molecule has 0 spiro atoms. The number of imide groups is 1. The van der Waals surface area contributed by atoms with E-state index in [4.69, 9.17) is 16.3 Å². The molecule has 2 amide bonds. The van der Waals surface area contributed by atoms with Gasteiger partial charge in [0.2, 0.25) is 0 Å². The SMILES string of the molecule is COC(=O)C1=C2C(=O)N(c3cccc(Cl)c3C)C(=O)[C@@H]2N(c2ccccc2)N1. The molecule has 1 saturated heterocycles. The molecule has 0 bridgehead atoms. The molecule has 4 rings (SSSR count). The number of ether oxygens (including phenoxy) is 1. The van der Waals surface area contributed by atoms with Crippen molar-refractivity contribution in [3.63, 3.8) is 0 Å². The highest BCUT2D eigenvalue weighted by atomic mass is 35.5. The quantitative estimate of drug-likeness (QED) is 0.632. The number of benzene rings is 2. The van der Waals surface area contributed by atoms with E-state index in [-0.39, 0.29) is 11.3 Å². The van der Waals surface area contributed by atoms with Gasteiger partial charge in [0, 0.05) is 5.02 Å². The highest BCUT2D eigenvalue weighted by molar-refractivity contribution is 6.35. The Labute approximate surface area is 166 Å². The fourth-order valence-electron chi connectivity index (χ4n) is 3.44. The van der Waals surface area contributed by atoms with Gasteiger partial charge in [-0.1, -0.05) is 35.9 Å². The van der Waals surface area contributed by atoms with Crippen LogP contribution < -0.4 is 15.3 Å². The van der Waals surface area contributed by atoms with Crippen molar-refractivity contribution >= 4 is 40.8 Å². The van der Waals surface area contributed by atoms with Crippen LogP contribution in [0.15, 0.2) is 59.8 Å². The van der Waals surface area contributed by atoms with Crippen LogP contribution in [0.25, 0.3) is 0 Å². The summed E-state index contributed by atoms with van der Waals surface area (Å²) < 4.78 is 4.80. The summed E-state index contributed by atoms with van der Waals surface area (Å²) in [6.45, 7) is 1.73. The molecule has 2 aliphatic heterocycles. The minimum atomic E-state index is -0.984. The molecule has 2 heterocycles. The number of fused-ring (bicyclic) bond motifs is 1. The van der Waals surface area contributed by atoms with Crippen LogP contribution in [0.3, 0.4) is 0 Å². The lowest BCUT2D eigenvalue weighted by Gasteiger charge is -2.26. The molecule has 1 N–H and O–H groups in total. The first-order chi connectivity index (χ1) is 13.5. The summed E-state index contributed by atoms with van der Waals surface area (Å²) >= 11 is 6.18. The maximum absolute atomic E-state index is 13.3. The van der Waals surface area contributed by atoms with Gasteiger partial charge < -0.3 is 4.74 Å². The predicted octanol–water partition coefficient (Wildman–Crippen LogP) is 2.34. The molecule has 2 aromatic carbocycles. The molecular formula is C20H16ClN3O4. The number of hydrogen-bond donors (Lipinski definition) is 1. The number of para-hydroxylation sites is 1. The molecule has 2 aliphatic rings. The largest absolute Gasteiger partial charge is 0.464 e. The van der Waals surface area contributed by atoms with Gasteiger partial charge in [-0.2, -0.15) is 0 Å². The van der Waals surface area contributed by atoms with Crippen LogP contribution in [-0.4, -0.2) is 30.9 Å². The van der Waals surface area contributed by atoms with E-state index in [1.807, 2.05) is 6.07 Å². The van der Waals surface area contributed by atoms with Crippen molar-refractivity contribution in [1.29, 1.82) is 0 Å². The third-order valence-electron chi connectivity index (χ3n) is 4.82. The van der Waals surface area contributed by atoms with E-state index in [0.717, 1.165) is 4.90 Å². The Morgan fingerprint density at radius 1 is 1.11 bits per heavy atom. The summed E-state index contributed by atoms with van der Waals surface area (Å²) in [6, 6.07) is 13.0. The number of esters is 1. The van der Waals surface area contributed by atoms with Gasteiger partial charge in [-0.15, -0.1) is 0 Å². The highest BCUT2D eigenvalue weighted by Gasteiger charge is 2.54. The summed E-state index contributed by atoms with van der Waals surface area (Å²) in [7, 11) is 1.22. The molecule has 28 heavy (non-hydrogen) atoms.